The molecule has 4 aromatic heterocycles. The Morgan fingerprint density at radius 3 is 1.62 bits per heavy atom. The van der Waals surface area contributed by atoms with E-state index < -0.39 is 10.2 Å². The normalized spacial score (nSPS) is 10.9. The number of aromatic nitrogens is 4. The second-order valence-corrected chi connectivity index (χ2v) is 9.49. The van der Waals surface area contributed by atoms with Gasteiger partial charge in [0, 0.05) is 34.6 Å². The molecule has 0 aliphatic rings. The lowest BCUT2D eigenvalue weighted by Crippen LogP contribution is -2.68. The number of rotatable bonds is 5. The molecule has 4 heterocycles. The van der Waals surface area contributed by atoms with Crippen molar-refractivity contribution in [1.29, 1.82) is 0 Å². The molecule has 0 aliphatic heterocycles. The Balaban J connectivity index is 0.000000586. The summed E-state index contributed by atoms with van der Waals surface area (Å²) in [5.41, 5.74) is 6.79. The molecule has 37 heavy (non-hydrogen) atoms. The highest BCUT2D eigenvalue weighted by atomic mass is 79.9. The first-order valence-corrected chi connectivity index (χ1v) is 13.0. The monoisotopic (exact) mass is 578 g/mol. The Labute approximate surface area is 224 Å². The van der Waals surface area contributed by atoms with Gasteiger partial charge in [0.25, 0.3) is 0 Å². The van der Waals surface area contributed by atoms with Crippen LogP contribution in [0.15, 0.2) is 114 Å². The molecule has 0 fully saturated rings. The smallest absolute Gasteiger partial charge is 0.173 e. The van der Waals surface area contributed by atoms with Crippen LogP contribution in [0.4, 0.5) is 0 Å². The van der Waals surface area contributed by atoms with Crippen molar-refractivity contribution in [2.45, 2.75) is 6.54 Å². The Morgan fingerprint density at radius 1 is 0.649 bits per heavy atom. The highest BCUT2D eigenvalue weighted by Crippen LogP contribution is 2.28. The molecule has 0 saturated heterocycles. The van der Waals surface area contributed by atoms with E-state index >= 15 is 0 Å². The summed E-state index contributed by atoms with van der Waals surface area (Å²) in [6, 6.07) is 28.6. The molecule has 0 bridgehead atoms. The van der Waals surface area contributed by atoms with Crippen LogP contribution in [0.3, 0.4) is 0 Å². The van der Waals surface area contributed by atoms with Gasteiger partial charge in [-0.1, -0.05) is 40.2 Å². The Bertz CT molecular complexity index is 1370. The molecule has 0 radical (unpaired) electrons. The standard InChI is InChI=1S/C27H20BrN4.ClHO4/c28-23-9-7-20(8-10-23)19-32-15-11-21(12-16-32)22-17-26(24-5-1-3-13-29-24)31-27(18-22)25-6-2-4-14-30-25;2-1(3,4)5/h1-18H,19H2;(H,2,3,4,5)/q+1;/p-1. The van der Waals surface area contributed by atoms with Crippen LogP contribution < -0.4 is 23.2 Å². The zero-order chi connectivity index (χ0) is 26.3. The van der Waals surface area contributed by atoms with Crippen LogP contribution in [-0.4, -0.2) is 15.0 Å². The van der Waals surface area contributed by atoms with E-state index in [1.165, 1.54) is 5.56 Å². The first-order valence-electron chi connectivity index (χ1n) is 11.0. The number of hydrogen-bond donors (Lipinski definition) is 0. The lowest BCUT2D eigenvalue weighted by molar-refractivity contribution is -2.00. The van der Waals surface area contributed by atoms with Crippen molar-refractivity contribution in [1.82, 2.24) is 15.0 Å². The highest BCUT2D eigenvalue weighted by molar-refractivity contribution is 9.10. The maximum Gasteiger partial charge on any atom is 0.173 e. The molecule has 0 aliphatic carbocycles. The fraction of sp³-hybridized carbons (Fsp3) is 0.0370. The Hall–Kier alpha value is -3.57. The van der Waals surface area contributed by atoms with Crippen molar-refractivity contribution < 1.29 is 33.4 Å². The molecular formula is C27H20BrClN4O4. The third-order valence-electron chi connectivity index (χ3n) is 5.18. The van der Waals surface area contributed by atoms with Gasteiger partial charge >= 0.3 is 0 Å². The predicted octanol–water partition coefficient (Wildman–Crippen LogP) is 1.21. The van der Waals surface area contributed by atoms with Crippen molar-refractivity contribution in [2.24, 2.45) is 0 Å². The highest BCUT2D eigenvalue weighted by Gasteiger charge is 2.11. The lowest BCUT2D eigenvalue weighted by Gasteiger charge is -2.17. The molecule has 186 valence electrons. The van der Waals surface area contributed by atoms with Crippen molar-refractivity contribution in [3.8, 4) is 33.9 Å². The third-order valence-corrected chi connectivity index (χ3v) is 5.71. The summed E-state index contributed by atoms with van der Waals surface area (Å²) in [6.07, 6.45) is 7.80. The van der Waals surface area contributed by atoms with Crippen LogP contribution in [-0.2, 0) is 6.54 Å². The second kappa shape index (κ2) is 12.1. The van der Waals surface area contributed by atoms with Gasteiger partial charge in [-0.15, -0.1) is 10.2 Å². The molecule has 5 rings (SSSR count). The summed E-state index contributed by atoms with van der Waals surface area (Å²) in [5, 5.41) is 0. The minimum absolute atomic E-state index is 0.822. The maximum atomic E-state index is 8.49. The SMILES string of the molecule is Brc1ccc(C[n+]2ccc(-c3cc(-c4ccccn4)nc(-c4ccccn4)c3)cc2)cc1.[O-][Cl+3]([O-])([O-])[O-]. The van der Waals surface area contributed by atoms with Gasteiger partial charge in [0.1, 0.15) is 0 Å². The average Bonchev–Trinajstić information content (AvgIpc) is 2.90. The zero-order valence-corrected chi connectivity index (χ0v) is 21.6. The van der Waals surface area contributed by atoms with E-state index in [2.05, 4.69) is 91.4 Å². The summed E-state index contributed by atoms with van der Waals surface area (Å²) < 4.78 is 37.2. The van der Waals surface area contributed by atoms with Crippen LogP contribution in [0, 0.1) is 10.2 Å². The summed E-state index contributed by atoms with van der Waals surface area (Å²) >= 11 is 3.49. The minimum Gasteiger partial charge on any atom is -0.255 e. The molecule has 0 amide bonds. The van der Waals surface area contributed by atoms with E-state index in [4.69, 9.17) is 23.6 Å². The van der Waals surface area contributed by atoms with Crippen LogP contribution in [0.1, 0.15) is 5.56 Å². The van der Waals surface area contributed by atoms with Crippen molar-refractivity contribution in [3.63, 3.8) is 0 Å². The Morgan fingerprint density at radius 2 is 1.16 bits per heavy atom. The van der Waals surface area contributed by atoms with Gasteiger partial charge in [0.15, 0.2) is 18.9 Å². The van der Waals surface area contributed by atoms with Gasteiger partial charge in [0.05, 0.1) is 22.8 Å². The molecular weight excluding hydrogens is 560 g/mol. The molecule has 10 heteroatoms. The van der Waals surface area contributed by atoms with E-state index in [-0.39, 0.29) is 0 Å². The predicted molar refractivity (Wildman–Crippen MR) is 130 cm³/mol. The molecule has 0 N–H and O–H groups in total. The van der Waals surface area contributed by atoms with E-state index in [1.54, 1.807) is 12.4 Å². The third kappa shape index (κ3) is 8.22. The molecule has 1 aromatic carbocycles. The molecule has 0 atom stereocenters. The summed E-state index contributed by atoms with van der Waals surface area (Å²) in [6.45, 7) is 0.822. The molecule has 0 saturated carbocycles. The van der Waals surface area contributed by atoms with Gasteiger partial charge in [-0.2, -0.15) is 0 Å². The largest absolute Gasteiger partial charge is 0.255 e. The maximum absolute atomic E-state index is 8.49. The van der Waals surface area contributed by atoms with E-state index in [1.807, 2.05) is 36.4 Å². The summed E-state index contributed by atoms with van der Waals surface area (Å²) in [7, 11) is -4.94. The minimum atomic E-state index is -4.94. The van der Waals surface area contributed by atoms with Crippen LogP contribution in [0.25, 0.3) is 33.9 Å². The van der Waals surface area contributed by atoms with Crippen molar-refractivity contribution in [2.75, 3.05) is 0 Å². The van der Waals surface area contributed by atoms with E-state index in [0.29, 0.717) is 0 Å². The number of hydrogen-bond acceptors (Lipinski definition) is 7. The van der Waals surface area contributed by atoms with Crippen LogP contribution in [0.5, 0.6) is 0 Å². The van der Waals surface area contributed by atoms with Gasteiger partial charge in [0.2, 0.25) is 0 Å². The summed E-state index contributed by atoms with van der Waals surface area (Å²) in [5.74, 6) is 0. The van der Waals surface area contributed by atoms with Crippen LogP contribution >= 0.6 is 15.9 Å². The second-order valence-electron chi connectivity index (χ2n) is 7.82. The topological polar surface area (TPSA) is 135 Å². The van der Waals surface area contributed by atoms with Gasteiger partial charge in [-0.3, -0.25) is 9.97 Å². The van der Waals surface area contributed by atoms with Gasteiger partial charge in [-0.25, -0.2) is 28.2 Å². The Kier molecular flexibility index (Phi) is 8.67. The van der Waals surface area contributed by atoms with Crippen LogP contribution in [0.2, 0.25) is 0 Å². The van der Waals surface area contributed by atoms with Gasteiger partial charge in [-0.05, 0) is 59.7 Å². The fourth-order valence-electron chi connectivity index (χ4n) is 3.54. The number of benzene rings is 1. The molecule has 8 nitrogen and oxygen atoms in total. The average molecular weight is 580 g/mol. The fourth-order valence-corrected chi connectivity index (χ4v) is 3.81. The number of nitrogens with zero attached hydrogens (tertiary/aromatic N) is 4. The zero-order valence-electron chi connectivity index (χ0n) is 19.3. The molecule has 0 spiro atoms. The first-order chi connectivity index (χ1) is 17.7. The van der Waals surface area contributed by atoms with Crippen molar-refractivity contribution in [3.05, 3.63) is 120 Å². The summed E-state index contributed by atoms with van der Waals surface area (Å²) in [4.78, 5) is 13.8. The van der Waals surface area contributed by atoms with E-state index in [0.717, 1.165) is 44.9 Å². The van der Waals surface area contributed by atoms with E-state index in [9.17, 15) is 0 Å². The quantitative estimate of drug-likeness (QED) is 0.286. The number of pyridine rings is 4. The van der Waals surface area contributed by atoms with Gasteiger partial charge < -0.3 is 0 Å². The van der Waals surface area contributed by atoms with Crippen molar-refractivity contribution >= 4 is 15.9 Å². The molecule has 0 unspecified atom stereocenters. The lowest BCUT2D eigenvalue weighted by atomic mass is 10.0. The first kappa shape index (κ1) is 26.5. The number of halogens is 2. The molecule has 5 aromatic rings.